The molecule has 0 saturated carbocycles. The van der Waals surface area contributed by atoms with Gasteiger partial charge in [-0.3, -0.25) is 0 Å². The second-order valence-electron chi connectivity index (χ2n) is 4.58. The maximum absolute atomic E-state index is 12.7. The molecule has 0 amide bonds. The lowest BCUT2D eigenvalue weighted by Crippen LogP contribution is -2.48. The number of sulfonamides is 1. The minimum absolute atomic E-state index is 0.163. The lowest BCUT2D eigenvalue weighted by molar-refractivity contribution is -0.252. The molecule has 1 heterocycles. The van der Waals surface area contributed by atoms with Crippen molar-refractivity contribution in [3.63, 3.8) is 0 Å². The average molecular weight is 330 g/mol. The first-order chi connectivity index (χ1) is 9.06. The van der Waals surface area contributed by atoms with E-state index in [0.29, 0.717) is 4.31 Å². The van der Waals surface area contributed by atoms with Crippen LogP contribution < -0.4 is 0 Å². The maximum atomic E-state index is 12.7. The monoisotopic (exact) mass is 329 g/mol. The van der Waals surface area contributed by atoms with E-state index < -0.39 is 41.3 Å². The third-order valence-electron chi connectivity index (χ3n) is 3.17. The van der Waals surface area contributed by atoms with Crippen LogP contribution in [0.3, 0.4) is 0 Å². The zero-order valence-electron chi connectivity index (χ0n) is 10.1. The third kappa shape index (κ3) is 2.65. The Kier molecular flexibility index (Phi) is 3.79. The van der Waals surface area contributed by atoms with Gasteiger partial charge in [0.1, 0.15) is 0 Å². The molecule has 1 aliphatic rings. The summed E-state index contributed by atoms with van der Waals surface area (Å²) in [4.78, 5) is -0.198. The highest BCUT2D eigenvalue weighted by Gasteiger charge is 2.58. The minimum Gasteiger partial charge on any atom is -0.379 e. The molecule has 20 heavy (non-hydrogen) atoms. The standard InChI is InChI=1S/C11H11ClF3NO3S/c12-8-2-1-3-9(6-8)20(18,19)16-5-4-10(17,7-16)11(13,14)15/h1-3,6,17H,4-5,7H2. The molecular formula is C11H11ClF3NO3S. The van der Waals surface area contributed by atoms with E-state index in [1.54, 1.807) is 0 Å². The number of aliphatic hydroxyl groups is 1. The number of hydrogen-bond donors (Lipinski definition) is 1. The summed E-state index contributed by atoms with van der Waals surface area (Å²) in [5, 5.41) is 9.67. The molecule has 1 saturated heterocycles. The van der Waals surface area contributed by atoms with Gasteiger partial charge >= 0.3 is 6.18 Å². The molecule has 0 aromatic heterocycles. The number of β-amino-alcohol motifs (C(OH)–C–C–N with tert-alkyl or cyclic N) is 1. The fourth-order valence-corrected chi connectivity index (χ4v) is 3.77. The summed E-state index contributed by atoms with van der Waals surface area (Å²) in [6.45, 7) is -1.41. The highest BCUT2D eigenvalue weighted by Crippen LogP contribution is 2.39. The van der Waals surface area contributed by atoms with Crippen molar-refractivity contribution in [2.24, 2.45) is 0 Å². The van der Waals surface area contributed by atoms with Crippen molar-refractivity contribution in [1.29, 1.82) is 0 Å². The number of halogens is 4. The normalized spacial score (nSPS) is 25.1. The lowest BCUT2D eigenvalue weighted by Gasteiger charge is -2.25. The van der Waals surface area contributed by atoms with Gasteiger partial charge in [0.05, 0.1) is 11.4 Å². The quantitative estimate of drug-likeness (QED) is 0.903. The highest BCUT2D eigenvalue weighted by atomic mass is 35.5. The van der Waals surface area contributed by atoms with Gasteiger partial charge in [-0.05, 0) is 18.2 Å². The van der Waals surface area contributed by atoms with Gasteiger partial charge in [0.15, 0.2) is 5.60 Å². The molecule has 0 bridgehead atoms. The number of nitrogens with zero attached hydrogens (tertiary/aromatic N) is 1. The fraction of sp³-hybridized carbons (Fsp3) is 0.455. The van der Waals surface area contributed by atoms with E-state index in [-0.39, 0.29) is 9.92 Å². The SMILES string of the molecule is O=S(=O)(c1cccc(Cl)c1)N1CCC(O)(C(F)(F)F)C1. The van der Waals surface area contributed by atoms with Gasteiger partial charge in [-0.1, -0.05) is 17.7 Å². The largest absolute Gasteiger partial charge is 0.418 e. The van der Waals surface area contributed by atoms with Crippen LogP contribution in [0.4, 0.5) is 13.2 Å². The van der Waals surface area contributed by atoms with Crippen molar-refractivity contribution in [2.45, 2.75) is 23.1 Å². The first-order valence-corrected chi connectivity index (χ1v) is 7.43. The molecule has 1 unspecified atom stereocenters. The van der Waals surface area contributed by atoms with Crippen molar-refractivity contribution in [3.8, 4) is 0 Å². The molecular weight excluding hydrogens is 319 g/mol. The molecule has 4 nitrogen and oxygen atoms in total. The summed E-state index contributed by atoms with van der Waals surface area (Å²) < 4.78 is 63.0. The first kappa shape index (κ1) is 15.6. The van der Waals surface area contributed by atoms with Gasteiger partial charge in [-0.25, -0.2) is 8.42 Å². The van der Waals surface area contributed by atoms with Crippen molar-refractivity contribution in [3.05, 3.63) is 29.3 Å². The maximum Gasteiger partial charge on any atom is 0.418 e. The van der Waals surface area contributed by atoms with Crippen LogP contribution in [0.5, 0.6) is 0 Å². The molecule has 1 aliphatic heterocycles. The van der Waals surface area contributed by atoms with Crippen LogP contribution in [0.1, 0.15) is 6.42 Å². The molecule has 1 atom stereocenters. The van der Waals surface area contributed by atoms with E-state index in [4.69, 9.17) is 11.6 Å². The van der Waals surface area contributed by atoms with Crippen LogP contribution in [0.25, 0.3) is 0 Å². The number of rotatable bonds is 2. The second-order valence-corrected chi connectivity index (χ2v) is 6.95. The molecule has 1 aromatic carbocycles. The van der Waals surface area contributed by atoms with Gasteiger partial charge in [0, 0.05) is 18.0 Å². The van der Waals surface area contributed by atoms with Gasteiger partial charge in [0.2, 0.25) is 10.0 Å². The van der Waals surface area contributed by atoms with Crippen molar-refractivity contribution in [1.82, 2.24) is 4.31 Å². The first-order valence-electron chi connectivity index (χ1n) is 5.61. The average Bonchev–Trinajstić information content (AvgIpc) is 2.73. The molecule has 0 spiro atoms. The van der Waals surface area contributed by atoms with Crippen LogP contribution in [-0.2, 0) is 10.0 Å². The summed E-state index contributed by atoms with van der Waals surface area (Å²) in [6.07, 6.45) is -5.55. The predicted molar refractivity (Wildman–Crippen MR) is 65.8 cm³/mol. The Morgan fingerprint density at radius 2 is 2.00 bits per heavy atom. The Morgan fingerprint density at radius 3 is 2.50 bits per heavy atom. The van der Waals surface area contributed by atoms with E-state index in [1.165, 1.54) is 18.2 Å². The number of hydrogen-bond acceptors (Lipinski definition) is 3. The minimum atomic E-state index is -4.87. The fourth-order valence-electron chi connectivity index (χ4n) is 1.97. The molecule has 112 valence electrons. The topological polar surface area (TPSA) is 57.6 Å². The van der Waals surface area contributed by atoms with Crippen molar-refractivity contribution >= 4 is 21.6 Å². The lowest BCUT2D eigenvalue weighted by atomic mass is 10.0. The summed E-state index contributed by atoms with van der Waals surface area (Å²) >= 11 is 5.67. The smallest absolute Gasteiger partial charge is 0.379 e. The molecule has 1 aromatic rings. The highest BCUT2D eigenvalue weighted by molar-refractivity contribution is 7.89. The van der Waals surface area contributed by atoms with Crippen molar-refractivity contribution < 1.29 is 26.7 Å². The summed E-state index contributed by atoms with van der Waals surface area (Å²) in [5.74, 6) is 0. The predicted octanol–water partition coefficient (Wildman–Crippen LogP) is 2.03. The Balaban J connectivity index is 2.30. The van der Waals surface area contributed by atoms with Crippen LogP contribution in [0.15, 0.2) is 29.2 Å². The molecule has 1 N–H and O–H groups in total. The zero-order chi connectivity index (χ0) is 15.2. The van der Waals surface area contributed by atoms with E-state index in [1.807, 2.05) is 0 Å². The Morgan fingerprint density at radius 1 is 1.35 bits per heavy atom. The molecule has 2 rings (SSSR count). The van der Waals surface area contributed by atoms with Gasteiger partial charge in [0.25, 0.3) is 0 Å². The van der Waals surface area contributed by atoms with E-state index in [0.717, 1.165) is 6.07 Å². The van der Waals surface area contributed by atoms with Crippen LogP contribution in [0, 0.1) is 0 Å². The van der Waals surface area contributed by atoms with E-state index >= 15 is 0 Å². The summed E-state index contributed by atoms with van der Waals surface area (Å²) in [5.41, 5.74) is -3.00. The zero-order valence-corrected chi connectivity index (χ0v) is 11.6. The van der Waals surface area contributed by atoms with Gasteiger partial charge in [-0.15, -0.1) is 0 Å². The molecule has 0 aliphatic carbocycles. The second kappa shape index (κ2) is 4.87. The van der Waals surface area contributed by atoms with Gasteiger partial charge < -0.3 is 5.11 Å². The Hall–Kier alpha value is -0.830. The number of alkyl halides is 3. The third-order valence-corrected chi connectivity index (χ3v) is 5.25. The number of benzene rings is 1. The van der Waals surface area contributed by atoms with Gasteiger partial charge in [-0.2, -0.15) is 17.5 Å². The van der Waals surface area contributed by atoms with Crippen LogP contribution in [-0.4, -0.2) is 42.7 Å². The Bertz CT molecular complexity index is 620. The molecule has 9 heteroatoms. The Labute approximate surface area is 118 Å². The van der Waals surface area contributed by atoms with Crippen molar-refractivity contribution in [2.75, 3.05) is 13.1 Å². The molecule has 0 radical (unpaired) electrons. The molecule has 1 fully saturated rings. The summed E-state index contributed by atoms with van der Waals surface area (Å²) in [6, 6.07) is 5.24. The van der Waals surface area contributed by atoms with E-state index in [2.05, 4.69) is 0 Å². The van der Waals surface area contributed by atoms with Crippen LogP contribution in [0.2, 0.25) is 5.02 Å². The summed E-state index contributed by atoms with van der Waals surface area (Å²) in [7, 11) is -4.10. The van der Waals surface area contributed by atoms with Crippen LogP contribution >= 0.6 is 11.6 Å². The van der Waals surface area contributed by atoms with E-state index in [9.17, 15) is 26.7 Å².